The first-order chi connectivity index (χ1) is 9.54. The van der Waals surface area contributed by atoms with E-state index in [1.807, 2.05) is 12.1 Å². The molecule has 1 aliphatic rings. The predicted octanol–water partition coefficient (Wildman–Crippen LogP) is 3.40. The molecule has 0 bridgehead atoms. The second-order valence-electron chi connectivity index (χ2n) is 5.68. The Morgan fingerprint density at radius 3 is 2.65 bits per heavy atom. The average molecular weight is 297 g/mol. The van der Waals surface area contributed by atoms with Crippen LogP contribution in [0.4, 0.5) is 10.5 Å². The summed E-state index contributed by atoms with van der Waals surface area (Å²) in [6, 6.07) is 6.77. The van der Waals surface area contributed by atoms with Crippen molar-refractivity contribution in [3.63, 3.8) is 0 Å². The van der Waals surface area contributed by atoms with Crippen molar-refractivity contribution in [3.05, 3.63) is 29.3 Å². The number of anilines is 1. The molecule has 0 radical (unpaired) electrons. The summed E-state index contributed by atoms with van der Waals surface area (Å²) in [5, 5.41) is 15.8. The number of aliphatic hydroxyl groups is 1. The number of amides is 2. The molecule has 1 aromatic rings. The summed E-state index contributed by atoms with van der Waals surface area (Å²) in [7, 11) is 0. The zero-order valence-electron chi connectivity index (χ0n) is 11.7. The van der Waals surface area contributed by atoms with E-state index < -0.39 is 5.54 Å². The molecule has 0 unspecified atom stereocenters. The Balaban J connectivity index is 1.98. The normalized spacial score (nSPS) is 26.1. The van der Waals surface area contributed by atoms with Crippen LogP contribution in [0.1, 0.15) is 32.6 Å². The highest BCUT2D eigenvalue weighted by Crippen LogP contribution is 2.31. The van der Waals surface area contributed by atoms with Gasteiger partial charge in [0, 0.05) is 0 Å². The second kappa shape index (κ2) is 6.46. The Bertz CT molecular complexity index is 471. The summed E-state index contributed by atoms with van der Waals surface area (Å²) < 4.78 is 0. The highest BCUT2D eigenvalue weighted by atomic mass is 35.5. The van der Waals surface area contributed by atoms with Crippen LogP contribution >= 0.6 is 11.6 Å². The van der Waals surface area contributed by atoms with E-state index in [1.54, 1.807) is 12.1 Å². The van der Waals surface area contributed by atoms with Crippen molar-refractivity contribution >= 4 is 23.3 Å². The topological polar surface area (TPSA) is 61.4 Å². The quantitative estimate of drug-likeness (QED) is 0.800. The molecule has 110 valence electrons. The van der Waals surface area contributed by atoms with Crippen LogP contribution in [0.5, 0.6) is 0 Å². The van der Waals surface area contributed by atoms with Gasteiger partial charge in [0.05, 0.1) is 22.9 Å². The molecule has 1 fully saturated rings. The molecule has 5 heteroatoms. The van der Waals surface area contributed by atoms with Gasteiger partial charge in [0.25, 0.3) is 0 Å². The van der Waals surface area contributed by atoms with E-state index in [0.29, 0.717) is 16.6 Å². The first-order valence-corrected chi connectivity index (χ1v) is 7.37. The highest BCUT2D eigenvalue weighted by Gasteiger charge is 2.35. The Hall–Kier alpha value is -1.26. The van der Waals surface area contributed by atoms with Gasteiger partial charge in [-0.05, 0) is 43.7 Å². The van der Waals surface area contributed by atoms with E-state index in [4.69, 9.17) is 11.6 Å². The summed E-state index contributed by atoms with van der Waals surface area (Å²) in [5.74, 6) is 0.656. The van der Waals surface area contributed by atoms with Crippen molar-refractivity contribution < 1.29 is 9.90 Å². The van der Waals surface area contributed by atoms with Gasteiger partial charge in [0.15, 0.2) is 0 Å². The third kappa shape index (κ3) is 3.64. The number of hydrogen-bond donors (Lipinski definition) is 3. The lowest BCUT2D eigenvalue weighted by Crippen LogP contribution is -2.54. The molecular formula is C15H21ClN2O2. The number of benzene rings is 1. The smallest absolute Gasteiger partial charge is 0.319 e. The van der Waals surface area contributed by atoms with Crippen LogP contribution < -0.4 is 10.6 Å². The van der Waals surface area contributed by atoms with Crippen LogP contribution in [0, 0.1) is 5.92 Å². The van der Waals surface area contributed by atoms with Crippen LogP contribution in [0.2, 0.25) is 5.02 Å². The number of aliphatic hydroxyl groups excluding tert-OH is 1. The molecule has 20 heavy (non-hydrogen) atoms. The van der Waals surface area contributed by atoms with Crippen LogP contribution in [-0.4, -0.2) is 23.3 Å². The van der Waals surface area contributed by atoms with Crippen molar-refractivity contribution in [2.75, 3.05) is 11.9 Å². The Kier molecular flexibility index (Phi) is 4.89. The van der Waals surface area contributed by atoms with Gasteiger partial charge in [0.2, 0.25) is 0 Å². The molecule has 0 aromatic heterocycles. The molecule has 3 N–H and O–H groups in total. The van der Waals surface area contributed by atoms with E-state index >= 15 is 0 Å². The number of urea groups is 1. The van der Waals surface area contributed by atoms with Crippen LogP contribution in [0.25, 0.3) is 0 Å². The van der Waals surface area contributed by atoms with Gasteiger partial charge in [-0.1, -0.05) is 30.7 Å². The molecule has 1 aromatic carbocycles. The zero-order valence-corrected chi connectivity index (χ0v) is 12.4. The minimum Gasteiger partial charge on any atom is -0.394 e. The molecule has 2 amide bonds. The van der Waals surface area contributed by atoms with Crippen molar-refractivity contribution in [1.29, 1.82) is 0 Å². The van der Waals surface area contributed by atoms with Gasteiger partial charge in [-0.15, -0.1) is 0 Å². The lowest BCUT2D eigenvalue weighted by Gasteiger charge is -2.38. The molecule has 0 aliphatic heterocycles. The summed E-state index contributed by atoms with van der Waals surface area (Å²) >= 11 is 6.01. The third-order valence-corrected chi connectivity index (χ3v) is 4.36. The van der Waals surface area contributed by atoms with E-state index in [9.17, 15) is 9.90 Å². The van der Waals surface area contributed by atoms with Gasteiger partial charge < -0.3 is 15.7 Å². The summed E-state index contributed by atoms with van der Waals surface area (Å²) in [6.07, 6.45) is 3.65. The maximum Gasteiger partial charge on any atom is 0.319 e. The fourth-order valence-electron chi connectivity index (χ4n) is 2.59. The molecule has 1 aliphatic carbocycles. The minimum absolute atomic E-state index is 0.0321. The molecule has 1 saturated carbocycles. The molecular weight excluding hydrogens is 276 g/mol. The Labute approximate surface area is 124 Å². The van der Waals surface area contributed by atoms with E-state index in [-0.39, 0.29) is 12.6 Å². The van der Waals surface area contributed by atoms with E-state index in [2.05, 4.69) is 17.6 Å². The standard InChI is InChI=1S/C15H21ClN2O2/c1-11-6-8-15(10-19,9-7-11)18-14(20)17-13-5-3-2-4-12(13)16/h2-5,11,19H,6-10H2,1H3,(H2,17,18,20). The summed E-state index contributed by atoms with van der Waals surface area (Å²) in [4.78, 5) is 12.1. The number of carbonyl (C=O) groups is 1. The number of halogens is 1. The molecule has 0 heterocycles. The summed E-state index contributed by atoms with van der Waals surface area (Å²) in [5.41, 5.74) is 0.0710. The van der Waals surface area contributed by atoms with Crippen LogP contribution in [-0.2, 0) is 0 Å². The Morgan fingerprint density at radius 1 is 1.40 bits per heavy atom. The van der Waals surface area contributed by atoms with Gasteiger partial charge in [-0.2, -0.15) is 0 Å². The van der Waals surface area contributed by atoms with Gasteiger partial charge in [-0.3, -0.25) is 0 Å². The molecule has 0 saturated heterocycles. The van der Waals surface area contributed by atoms with Crippen LogP contribution in [0.3, 0.4) is 0 Å². The fourth-order valence-corrected chi connectivity index (χ4v) is 2.78. The minimum atomic E-state index is -0.502. The number of para-hydroxylation sites is 1. The fraction of sp³-hybridized carbons (Fsp3) is 0.533. The van der Waals surface area contributed by atoms with Crippen molar-refractivity contribution in [1.82, 2.24) is 5.32 Å². The number of hydrogen-bond acceptors (Lipinski definition) is 2. The molecule has 2 rings (SSSR count). The van der Waals surface area contributed by atoms with Gasteiger partial charge >= 0.3 is 6.03 Å². The maximum atomic E-state index is 12.1. The highest BCUT2D eigenvalue weighted by molar-refractivity contribution is 6.33. The number of carbonyl (C=O) groups excluding carboxylic acids is 1. The molecule has 0 spiro atoms. The average Bonchev–Trinajstić information content (AvgIpc) is 2.44. The zero-order chi connectivity index (χ0) is 14.6. The van der Waals surface area contributed by atoms with E-state index in [0.717, 1.165) is 25.7 Å². The lowest BCUT2D eigenvalue weighted by molar-refractivity contribution is 0.113. The maximum absolute atomic E-state index is 12.1. The third-order valence-electron chi connectivity index (χ3n) is 4.03. The lowest BCUT2D eigenvalue weighted by atomic mass is 9.77. The number of rotatable bonds is 3. The van der Waals surface area contributed by atoms with Crippen molar-refractivity contribution in [3.8, 4) is 0 Å². The molecule has 0 atom stereocenters. The molecule has 4 nitrogen and oxygen atoms in total. The van der Waals surface area contributed by atoms with E-state index in [1.165, 1.54) is 0 Å². The number of nitrogens with one attached hydrogen (secondary N) is 2. The van der Waals surface area contributed by atoms with Crippen molar-refractivity contribution in [2.45, 2.75) is 38.1 Å². The largest absolute Gasteiger partial charge is 0.394 e. The first kappa shape index (κ1) is 15.1. The van der Waals surface area contributed by atoms with Gasteiger partial charge in [-0.25, -0.2) is 4.79 Å². The first-order valence-electron chi connectivity index (χ1n) is 6.99. The predicted molar refractivity (Wildman–Crippen MR) is 81.1 cm³/mol. The monoisotopic (exact) mass is 296 g/mol. The van der Waals surface area contributed by atoms with Crippen molar-refractivity contribution in [2.24, 2.45) is 5.92 Å². The Morgan fingerprint density at radius 2 is 2.05 bits per heavy atom. The summed E-state index contributed by atoms with van der Waals surface area (Å²) in [6.45, 7) is 2.17. The SMILES string of the molecule is CC1CCC(CO)(NC(=O)Nc2ccccc2Cl)CC1. The second-order valence-corrected chi connectivity index (χ2v) is 6.09. The van der Waals surface area contributed by atoms with Crippen LogP contribution in [0.15, 0.2) is 24.3 Å². The van der Waals surface area contributed by atoms with Gasteiger partial charge in [0.1, 0.15) is 0 Å².